The lowest BCUT2D eigenvalue weighted by Crippen LogP contribution is -2.41. The topological polar surface area (TPSA) is 60.0 Å². The number of fused-ring (bicyclic) bond motifs is 1. The summed E-state index contributed by atoms with van der Waals surface area (Å²) in [6, 6.07) is 6.00. The second kappa shape index (κ2) is 4.90. The standard InChI is InChI=1S/C16H18BN3O2S/c1-15(2)16(3,4)22-17(21-15)10-5-7-18-12-9-13(23-14(10)12)11-6-8-19-20-11/h5-9H,1-4H3,(H,19,20). The molecule has 0 aliphatic carbocycles. The van der Waals surface area contributed by atoms with Crippen LogP contribution in [0.3, 0.4) is 0 Å². The zero-order chi connectivity index (χ0) is 16.2. The third-order valence-electron chi connectivity index (χ3n) is 4.70. The maximum Gasteiger partial charge on any atom is 0.496 e. The van der Waals surface area contributed by atoms with Gasteiger partial charge < -0.3 is 9.31 Å². The van der Waals surface area contributed by atoms with Crippen LogP contribution in [0.2, 0.25) is 0 Å². The molecule has 5 nitrogen and oxygen atoms in total. The van der Waals surface area contributed by atoms with Gasteiger partial charge in [-0.25, -0.2) is 0 Å². The van der Waals surface area contributed by atoms with E-state index in [1.54, 1.807) is 11.3 Å². The Bertz CT molecular complexity index is 841. The van der Waals surface area contributed by atoms with Crippen molar-refractivity contribution in [3.8, 4) is 10.6 Å². The quantitative estimate of drug-likeness (QED) is 0.735. The summed E-state index contributed by atoms with van der Waals surface area (Å²) >= 11 is 1.66. The second-order valence-corrected chi connectivity index (χ2v) is 7.83. The Morgan fingerprint density at radius 2 is 1.87 bits per heavy atom. The minimum atomic E-state index is -0.379. The highest BCUT2D eigenvalue weighted by molar-refractivity contribution is 7.23. The number of pyridine rings is 1. The van der Waals surface area contributed by atoms with Crippen LogP contribution in [0.25, 0.3) is 20.8 Å². The fraction of sp³-hybridized carbons (Fsp3) is 0.375. The number of rotatable bonds is 2. The molecule has 0 amide bonds. The number of hydrogen-bond donors (Lipinski definition) is 1. The molecule has 0 atom stereocenters. The lowest BCUT2D eigenvalue weighted by Gasteiger charge is -2.32. The maximum atomic E-state index is 6.19. The van der Waals surface area contributed by atoms with Gasteiger partial charge in [-0.15, -0.1) is 11.3 Å². The van der Waals surface area contributed by atoms with Crippen LogP contribution in [0.1, 0.15) is 27.7 Å². The summed E-state index contributed by atoms with van der Waals surface area (Å²) < 4.78 is 13.5. The van der Waals surface area contributed by atoms with Crippen molar-refractivity contribution >= 4 is 34.1 Å². The van der Waals surface area contributed by atoms with Gasteiger partial charge in [0, 0.05) is 17.9 Å². The SMILES string of the molecule is CC1(C)OB(c2ccnc3cc(-c4cc[nH]n4)sc23)OC1(C)C. The molecule has 0 unspecified atom stereocenters. The van der Waals surface area contributed by atoms with Crippen molar-refractivity contribution < 1.29 is 9.31 Å². The predicted octanol–water partition coefficient (Wildman–Crippen LogP) is 2.99. The first-order valence-corrected chi connectivity index (χ1v) is 8.43. The fourth-order valence-electron chi connectivity index (χ4n) is 2.64. The Hall–Kier alpha value is -1.70. The van der Waals surface area contributed by atoms with Gasteiger partial charge in [0.05, 0.1) is 26.3 Å². The van der Waals surface area contributed by atoms with Crippen LogP contribution in [-0.2, 0) is 9.31 Å². The lowest BCUT2D eigenvalue weighted by molar-refractivity contribution is 0.00578. The van der Waals surface area contributed by atoms with Crippen molar-refractivity contribution in [2.45, 2.75) is 38.9 Å². The Morgan fingerprint density at radius 3 is 2.52 bits per heavy atom. The van der Waals surface area contributed by atoms with Gasteiger partial charge in [-0.2, -0.15) is 5.10 Å². The van der Waals surface area contributed by atoms with Crippen LogP contribution in [0, 0.1) is 0 Å². The number of H-pyrrole nitrogens is 1. The molecule has 4 heterocycles. The normalized spacial score (nSPS) is 19.6. The molecular formula is C16H18BN3O2S. The highest BCUT2D eigenvalue weighted by Crippen LogP contribution is 2.38. The summed E-state index contributed by atoms with van der Waals surface area (Å²) in [5.74, 6) is 0. The van der Waals surface area contributed by atoms with E-state index in [1.165, 1.54) is 0 Å². The first kappa shape index (κ1) is 14.9. The number of aromatic amines is 1. The van der Waals surface area contributed by atoms with Gasteiger partial charge in [-0.3, -0.25) is 10.1 Å². The molecule has 23 heavy (non-hydrogen) atoms. The van der Waals surface area contributed by atoms with Crippen LogP contribution in [-0.4, -0.2) is 33.5 Å². The molecule has 0 aromatic carbocycles. The molecule has 0 radical (unpaired) electrons. The molecule has 1 aliphatic rings. The molecule has 1 saturated heterocycles. The van der Waals surface area contributed by atoms with E-state index in [4.69, 9.17) is 9.31 Å². The highest BCUT2D eigenvalue weighted by Gasteiger charge is 2.52. The van der Waals surface area contributed by atoms with Gasteiger partial charge in [0.2, 0.25) is 0 Å². The van der Waals surface area contributed by atoms with E-state index in [0.29, 0.717) is 0 Å². The molecule has 1 N–H and O–H groups in total. The molecular weight excluding hydrogens is 309 g/mol. The number of aromatic nitrogens is 3. The highest BCUT2D eigenvalue weighted by atomic mass is 32.1. The molecule has 0 bridgehead atoms. The molecule has 0 saturated carbocycles. The van der Waals surface area contributed by atoms with Crippen molar-refractivity contribution in [3.05, 3.63) is 30.6 Å². The van der Waals surface area contributed by atoms with Crippen LogP contribution in [0.5, 0.6) is 0 Å². The van der Waals surface area contributed by atoms with Gasteiger partial charge in [0.15, 0.2) is 0 Å². The van der Waals surface area contributed by atoms with Crippen LogP contribution in [0.4, 0.5) is 0 Å². The molecule has 1 fully saturated rings. The molecule has 3 aromatic heterocycles. The van der Waals surface area contributed by atoms with Crippen LogP contribution in [0.15, 0.2) is 30.6 Å². The predicted molar refractivity (Wildman–Crippen MR) is 92.9 cm³/mol. The van der Waals surface area contributed by atoms with E-state index in [9.17, 15) is 0 Å². The first-order chi connectivity index (χ1) is 10.9. The zero-order valence-electron chi connectivity index (χ0n) is 13.6. The Morgan fingerprint density at radius 1 is 1.13 bits per heavy atom. The summed E-state index contributed by atoms with van der Waals surface area (Å²) in [6.07, 6.45) is 3.63. The summed E-state index contributed by atoms with van der Waals surface area (Å²) in [5.41, 5.74) is 2.19. The minimum Gasteiger partial charge on any atom is -0.399 e. The largest absolute Gasteiger partial charge is 0.496 e. The number of nitrogens with zero attached hydrogens (tertiary/aromatic N) is 2. The lowest BCUT2D eigenvalue weighted by atomic mass is 9.79. The fourth-order valence-corrected chi connectivity index (χ4v) is 3.74. The Balaban J connectivity index is 1.80. The average Bonchev–Trinajstić information content (AvgIpc) is 3.17. The van der Waals surface area contributed by atoms with E-state index >= 15 is 0 Å². The van der Waals surface area contributed by atoms with E-state index in [1.807, 2.05) is 24.5 Å². The van der Waals surface area contributed by atoms with Gasteiger partial charge in [0.1, 0.15) is 5.69 Å². The van der Waals surface area contributed by atoms with Crippen molar-refractivity contribution in [2.24, 2.45) is 0 Å². The first-order valence-electron chi connectivity index (χ1n) is 7.62. The van der Waals surface area contributed by atoms with E-state index in [-0.39, 0.29) is 18.3 Å². The minimum absolute atomic E-state index is 0.352. The Kier molecular flexibility index (Phi) is 3.17. The average molecular weight is 327 g/mol. The van der Waals surface area contributed by atoms with Crippen molar-refractivity contribution in [3.63, 3.8) is 0 Å². The van der Waals surface area contributed by atoms with Crippen LogP contribution >= 0.6 is 11.3 Å². The van der Waals surface area contributed by atoms with Gasteiger partial charge in [-0.05, 0) is 45.9 Å². The van der Waals surface area contributed by atoms with Crippen molar-refractivity contribution in [1.29, 1.82) is 0 Å². The van der Waals surface area contributed by atoms with E-state index < -0.39 is 0 Å². The molecule has 7 heteroatoms. The summed E-state index contributed by atoms with van der Waals surface area (Å²) in [6.45, 7) is 8.26. The van der Waals surface area contributed by atoms with Crippen LogP contribution < -0.4 is 5.46 Å². The molecule has 0 spiro atoms. The number of hydrogen-bond acceptors (Lipinski definition) is 5. The summed E-state index contributed by atoms with van der Waals surface area (Å²) in [5, 5.41) is 7.10. The maximum absolute atomic E-state index is 6.19. The zero-order valence-corrected chi connectivity index (χ0v) is 14.4. The second-order valence-electron chi connectivity index (χ2n) is 6.77. The van der Waals surface area contributed by atoms with Gasteiger partial charge in [0.25, 0.3) is 0 Å². The van der Waals surface area contributed by atoms with E-state index in [2.05, 4.69) is 48.9 Å². The third kappa shape index (κ3) is 2.31. The van der Waals surface area contributed by atoms with E-state index in [0.717, 1.165) is 26.3 Å². The molecule has 3 aromatic rings. The molecule has 4 rings (SSSR count). The number of thiophene rings is 1. The monoisotopic (exact) mass is 327 g/mol. The molecule has 1 aliphatic heterocycles. The third-order valence-corrected chi connectivity index (χ3v) is 5.90. The summed E-state index contributed by atoms with van der Waals surface area (Å²) in [7, 11) is -0.379. The van der Waals surface area contributed by atoms with Crippen molar-refractivity contribution in [2.75, 3.05) is 0 Å². The molecule has 118 valence electrons. The van der Waals surface area contributed by atoms with Crippen molar-refractivity contribution in [1.82, 2.24) is 15.2 Å². The summed E-state index contributed by atoms with van der Waals surface area (Å²) in [4.78, 5) is 5.56. The van der Waals surface area contributed by atoms with Gasteiger partial charge in [-0.1, -0.05) is 0 Å². The smallest absolute Gasteiger partial charge is 0.399 e. The number of nitrogens with one attached hydrogen (secondary N) is 1. The van der Waals surface area contributed by atoms with Gasteiger partial charge >= 0.3 is 7.12 Å². The Labute approximate surface area is 139 Å².